The number of aliphatic hydroxyl groups is 6. The van der Waals surface area contributed by atoms with Gasteiger partial charge in [-0.2, -0.15) is 0 Å². The molecule has 0 aromatic rings. The summed E-state index contributed by atoms with van der Waals surface area (Å²) in [6, 6.07) is -1.22. The van der Waals surface area contributed by atoms with Gasteiger partial charge < -0.3 is 45.4 Å². The Morgan fingerprint density at radius 2 is 1.20 bits per heavy atom. The molecule has 1 saturated heterocycles. The number of nitrogens with one attached hydrogen (secondary N) is 1. The summed E-state index contributed by atoms with van der Waals surface area (Å²) in [5.41, 5.74) is 0. The number of carbonyl (C=O) groups is 1. The Labute approximate surface area is 325 Å². The molecule has 2 aliphatic rings. The molecular formula is C40H77NO9. The Morgan fingerprint density at radius 1 is 0.740 bits per heavy atom. The van der Waals surface area contributed by atoms with Gasteiger partial charge in [0.15, 0.2) is 6.29 Å². The van der Waals surface area contributed by atoms with Crippen LogP contribution in [0.2, 0.25) is 0 Å². The second kappa shape index (κ2) is 24.5. The van der Waals surface area contributed by atoms with E-state index in [1.807, 2.05) is 0 Å². The molecule has 0 spiro atoms. The number of rotatable bonds is 9. The Morgan fingerprint density at radius 3 is 1.66 bits per heavy atom. The van der Waals surface area contributed by atoms with Crippen molar-refractivity contribution in [1.82, 2.24) is 5.32 Å². The van der Waals surface area contributed by atoms with Crippen molar-refractivity contribution < 1.29 is 76.3 Å². The van der Waals surface area contributed by atoms with Crippen LogP contribution in [0.5, 0.6) is 0 Å². The highest BCUT2D eigenvalue weighted by molar-refractivity contribution is 5.94. The third-order valence-corrected chi connectivity index (χ3v) is 6.95. The lowest BCUT2D eigenvalue weighted by molar-refractivity contribution is -0.303. The van der Waals surface area contributed by atoms with E-state index in [2.05, 4.69) is 136 Å². The molecular weight excluding hydrogens is 638 g/mol. The van der Waals surface area contributed by atoms with Gasteiger partial charge in [0.25, 0.3) is 5.91 Å². The van der Waals surface area contributed by atoms with Gasteiger partial charge in [-0.3, -0.25) is 4.79 Å². The van der Waals surface area contributed by atoms with E-state index in [0.717, 1.165) is 25.7 Å². The topological polar surface area (TPSA) is 169 Å². The molecule has 10 nitrogen and oxygen atoms in total. The monoisotopic (exact) mass is 716 g/mol. The second-order valence-electron chi connectivity index (χ2n) is 10.4. The van der Waals surface area contributed by atoms with Crippen LogP contribution in [0.25, 0.3) is 0 Å². The molecule has 0 bridgehead atoms. The van der Waals surface area contributed by atoms with E-state index in [0.29, 0.717) is 6.42 Å². The summed E-state index contributed by atoms with van der Waals surface area (Å²) in [5, 5.41) is 63.7. The zero-order valence-electron chi connectivity index (χ0n) is 27.1. The fourth-order valence-corrected chi connectivity index (χ4v) is 4.54. The first-order valence-corrected chi connectivity index (χ1v) is 15.3. The van der Waals surface area contributed by atoms with E-state index in [1.165, 1.54) is 0 Å². The van der Waals surface area contributed by atoms with Crippen molar-refractivity contribution in [3.05, 3.63) is 0 Å². The zero-order valence-corrected chi connectivity index (χ0v) is 27.1. The number of ether oxygens (including phenoxy) is 2. The van der Waals surface area contributed by atoms with E-state index >= 15 is 0 Å². The van der Waals surface area contributed by atoms with E-state index < -0.39 is 68.1 Å². The van der Waals surface area contributed by atoms with Crippen LogP contribution < -0.4 is 5.32 Å². The van der Waals surface area contributed by atoms with Crippen molar-refractivity contribution in [1.29, 1.82) is 0 Å². The average molecular weight is 716 g/mol. The van der Waals surface area contributed by atoms with E-state index in [-0.39, 0.29) is 37.3 Å². The third-order valence-electron chi connectivity index (χ3n) is 6.95. The molecule has 0 aromatic carbocycles. The standard InChI is InChI=1S/C40H33NO9.22H2/c1-2-3-4-5-6-7-8-9-10-11-12-13-14-15-16-17-18-19-20-21-22-27-35(44)41-32(36(45)33(43)28-31-25-23-24-26-31)30-49-40-39(48)38(47)37(46)34(29-42)50-40;;;;;;;;;;;;;;;;;;;;;;/h31-34,36-40,42-43,45-48H,23-26,28-30H2,1H3,(H,41,44);22*1H/t32-,33+,34?,36-,37?,38?,39?,40?;;;;;;;;;;;;;;;;;;;;;;/m0....................../s1. The number of aliphatic hydroxyl groups excluding tert-OH is 6. The SMILES string of the molecule is CC#CC#CC#CC#CC#CC#CC#CC#CC#CC#CC#CC(=O)N[C@@H](COC1OC(CO)C(O)C(O)C1O)[C@H](O)[C@H](O)CC1CCCC1.[HH].[HH].[HH].[HH].[HH].[HH].[HH].[HH].[HH].[HH].[HH].[HH].[HH].[HH].[HH].[HH].[HH].[HH].[HH].[HH].[HH].[HH]. The smallest absolute Gasteiger partial charge is 0.297 e. The summed E-state index contributed by atoms with van der Waals surface area (Å²) in [6.45, 7) is 0.530. The van der Waals surface area contributed by atoms with Gasteiger partial charge >= 0.3 is 0 Å². The minimum absolute atomic E-state index is 0. The van der Waals surface area contributed by atoms with Gasteiger partial charge in [0, 0.05) is 61.0 Å². The van der Waals surface area contributed by atoms with Crippen molar-refractivity contribution in [3.8, 4) is 130 Å². The number of hydrogen-bond donors (Lipinski definition) is 7. The predicted octanol–water partition coefficient (Wildman–Crippen LogP) is 3.06. The summed E-state index contributed by atoms with van der Waals surface area (Å²) in [7, 11) is 0. The van der Waals surface area contributed by atoms with Crippen LogP contribution in [-0.2, 0) is 14.3 Å². The molecule has 1 aliphatic heterocycles. The van der Waals surface area contributed by atoms with E-state index in [4.69, 9.17) is 9.47 Å². The lowest BCUT2D eigenvalue weighted by Gasteiger charge is -2.40. The first kappa shape index (κ1) is 40.5. The Hall–Kier alpha value is -5.69. The van der Waals surface area contributed by atoms with Gasteiger partial charge in [0.05, 0.1) is 25.4 Å². The van der Waals surface area contributed by atoms with Gasteiger partial charge in [-0.05, 0) is 114 Å². The molecule has 10 heteroatoms. The van der Waals surface area contributed by atoms with Crippen LogP contribution in [0.3, 0.4) is 0 Å². The molecule has 1 aliphatic carbocycles. The average Bonchev–Trinajstić information content (AvgIpc) is 3.63. The summed E-state index contributed by atoms with van der Waals surface area (Å²) in [6.07, 6.45) is -6.18. The lowest BCUT2D eigenvalue weighted by Crippen LogP contribution is -2.60. The summed E-state index contributed by atoms with van der Waals surface area (Å²) in [5.74, 6) is 53.4. The van der Waals surface area contributed by atoms with Crippen LogP contribution in [0.15, 0.2) is 0 Å². The molecule has 50 heavy (non-hydrogen) atoms. The fourth-order valence-electron chi connectivity index (χ4n) is 4.54. The maximum absolute atomic E-state index is 12.5. The predicted molar refractivity (Wildman–Crippen MR) is 228 cm³/mol. The van der Waals surface area contributed by atoms with E-state index in [9.17, 15) is 35.4 Å². The molecule has 0 aromatic heterocycles. The Bertz CT molecular complexity index is 1970. The van der Waals surface area contributed by atoms with Gasteiger partial charge in [0.2, 0.25) is 0 Å². The molecule has 1 amide bonds. The Balaban J connectivity index is -0.0000000622. The largest absolute Gasteiger partial charge is 0.394 e. The quantitative estimate of drug-likeness (QED) is 0.178. The summed E-state index contributed by atoms with van der Waals surface area (Å²) in [4.78, 5) is 12.5. The van der Waals surface area contributed by atoms with Crippen LogP contribution in [0, 0.1) is 136 Å². The zero-order chi connectivity index (χ0) is 36.4. The van der Waals surface area contributed by atoms with Gasteiger partial charge in [0.1, 0.15) is 30.5 Å². The van der Waals surface area contributed by atoms with Crippen molar-refractivity contribution >= 4 is 5.91 Å². The number of carbonyl (C=O) groups excluding carboxylic acids is 1. The highest BCUT2D eigenvalue weighted by atomic mass is 16.7. The molecule has 2 fully saturated rings. The molecule has 5 unspecified atom stereocenters. The number of hydrogen-bond acceptors (Lipinski definition) is 9. The van der Waals surface area contributed by atoms with Crippen molar-refractivity contribution in [2.45, 2.75) is 88.0 Å². The molecule has 0 radical (unpaired) electrons. The highest BCUT2D eigenvalue weighted by Gasteiger charge is 2.44. The molecule has 8 atom stereocenters. The van der Waals surface area contributed by atoms with Gasteiger partial charge in [-0.1, -0.05) is 31.6 Å². The first-order chi connectivity index (χ1) is 24.3. The van der Waals surface area contributed by atoms with Gasteiger partial charge in [-0.25, -0.2) is 0 Å². The van der Waals surface area contributed by atoms with Crippen molar-refractivity contribution in [2.75, 3.05) is 13.2 Å². The molecule has 296 valence electrons. The summed E-state index contributed by atoms with van der Waals surface area (Å²) < 4.78 is 10.8. The lowest BCUT2D eigenvalue weighted by atomic mass is 9.94. The van der Waals surface area contributed by atoms with Crippen molar-refractivity contribution in [2.24, 2.45) is 5.92 Å². The van der Waals surface area contributed by atoms with Crippen molar-refractivity contribution in [3.63, 3.8) is 0 Å². The number of amides is 1. The third kappa shape index (κ3) is 15.9. The van der Waals surface area contributed by atoms with Crippen LogP contribution in [0.4, 0.5) is 0 Å². The summed E-state index contributed by atoms with van der Waals surface area (Å²) >= 11 is 0. The maximum Gasteiger partial charge on any atom is 0.297 e. The van der Waals surface area contributed by atoms with Crippen LogP contribution in [-0.4, -0.2) is 98.7 Å². The highest BCUT2D eigenvalue weighted by Crippen LogP contribution is 2.29. The molecule has 2 rings (SSSR count). The minimum atomic E-state index is -1.69. The second-order valence-corrected chi connectivity index (χ2v) is 10.4. The minimum Gasteiger partial charge on any atom is -0.394 e. The maximum atomic E-state index is 12.5. The van der Waals surface area contributed by atoms with Crippen LogP contribution >= 0.6 is 0 Å². The van der Waals surface area contributed by atoms with E-state index in [1.54, 1.807) is 6.92 Å². The van der Waals surface area contributed by atoms with Crippen LogP contribution in [0.1, 0.15) is 70.4 Å². The van der Waals surface area contributed by atoms with Gasteiger partial charge in [-0.15, -0.1) is 0 Å². The first-order valence-electron chi connectivity index (χ1n) is 15.3. The normalized spacial score (nSPS) is 21.2. The fraction of sp³-hybridized carbons (Fsp3) is 0.425. The molecule has 1 saturated carbocycles. The Kier molecular flexibility index (Phi) is 19.8. The molecule has 1 heterocycles. The molecule has 7 N–H and O–H groups in total.